The van der Waals surface area contributed by atoms with Gasteiger partial charge in [-0.25, -0.2) is 0 Å². The summed E-state index contributed by atoms with van der Waals surface area (Å²) in [5.41, 5.74) is 3.30. The Morgan fingerprint density at radius 1 is 0.882 bits per heavy atom. The Morgan fingerprint density at radius 2 is 1.71 bits per heavy atom. The van der Waals surface area contributed by atoms with Crippen molar-refractivity contribution in [2.24, 2.45) is 0 Å². The molecule has 0 unspecified atom stereocenters. The van der Waals surface area contributed by atoms with Crippen molar-refractivity contribution >= 4 is 5.78 Å². The quantitative estimate of drug-likeness (QED) is 0.588. The van der Waals surface area contributed by atoms with Crippen LogP contribution in [0.25, 0.3) is 11.1 Å². The number of ketones is 1. The molecule has 1 heterocycles. The van der Waals surface area contributed by atoms with Crippen molar-refractivity contribution in [3.63, 3.8) is 0 Å². The second kappa shape index (κ2) is 2.88. The minimum absolute atomic E-state index is 0.0259. The first-order chi connectivity index (χ1) is 8.36. The molecule has 0 aromatic heterocycles. The van der Waals surface area contributed by atoms with Crippen LogP contribution in [0.4, 0.5) is 0 Å². The Balaban J connectivity index is 2.09. The molecule has 4 rings (SSSR count). The molecule has 0 saturated carbocycles. The maximum absolute atomic E-state index is 12.3. The number of ether oxygens (including phenoxy) is 2. The van der Waals surface area contributed by atoms with Crippen LogP contribution in [0.3, 0.4) is 0 Å². The Morgan fingerprint density at radius 3 is 2.59 bits per heavy atom. The van der Waals surface area contributed by atoms with Gasteiger partial charge in [0.1, 0.15) is 0 Å². The molecule has 0 N–H and O–H groups in total. The van der Waals surface area contributed by atoms with Crippen LogP contribution in [0.15, 0.2) is 36.4 Å². The molecule has 0 radical (unpaired) electrons. The Labute approximate surface area is 97.6 Å². The molecule has 0 bridgehead atoms. The monoisotopic (exact) mass is 224 g/mol. The summed E-state index contributed by atoms with van der Waals surface area (Å²) in [7, 11) is 0. The minimum Gasteiger partial charge on any atom is -0.454 e. The largest absolute Gasteiger partial charge is 0.454 e. The zero-order valence-corrected chi connectivity index (χ0v) is 8.90. The average Bonchev–Trinajstić information content (AvgIpc) is 2.93. The molecule has 17 heavy (non-hydrogen) atoms. The molecule has 2 aromatic rings. The highest BCUT2D eigenvalue weighted by atomic mass is 16.7. The average molecular weight is 224 g/mol. The lowest BCUT2D eigenvalue weighted by Gasteiger charge is -2.02. The minimum atomic E-state index is 0.0259. The first-order valence-electron chi connectivity index (χ1n) is 5.43. The van der Waals surface area contributed by atoms with Crippen LogP contribution in [0.2, 0.25) is 0 Å². The fourth-order valence-corrected chi connectivity index (χ4v) is 2.47. The van der Waals surface area contributed by atoms with Gasteiger partial charge in [0, 0.05) is 5.56 Å². The molecular weight excluding hydrogens is 216 g/mol. The van der Waals surface area contributed by atoms with Gasteiger partial charge in [-0.05, 0) is 23.3 Å². The van der Waals surface area contributed by atoms with Gasteiger partial charge in [-0.3, -0.25) is 4.79 Å². The normalized spacial score (nSPS) is 14.7. The van der Waals surface area contributed by atoms with E-state index < -0.39 is 0 Å². The maximum atomic E-state index is 12.3. The van der Waals surface area contributed by atoms with E-state index in [1.807, 2.05) is 36.4 Å². The summed E-state index contributed by atoms with van der Waals surface area (Å²) < 4.78 is 10.7. The maximum Gasteiger partial charge on any atom is 0.231 e. The highest BCUT2D eigenvalue weighted by Gasteiger charge is 2.33. The number of rotatable bonds is 0. The smallest absolute Gasteiger partial charge is 0.231 e. The second-order valence-corrected chi connectivity index (χ2v) is 4.10. The first-order valence-corrected chi connectivity index (χ1v) is 5.43. The van der Waals surface area contributed by atoms with Crippen molar-refractivity contribution < 1.29 is 14.3 Å². The number of carbonyl (C=O) groups is 1. The lowest BCUT2D eigenvalue weighted by atomic mass is 10.1. The number of hydrogen-bond donors (Lipinski definition) is 0. The number of hydrogen-bond acceptors (Lipinski definition) is 3. The van der Waals surface area contributed by atoms with Gasteiger partial charge in [0.05, 0.1) is 5.56 Å². The molecule has 3 nitrogen and oxygen atoms in total. The summed E-state index contributed by atoms with van der Waals surface area (Å²) in [5, 5.41) is 0. The zero-order valence-electron chi connectivity index (χ0n) is 8.90. The van der Waals surface area contributed by atoms with Gasteiger partial charge in [-0.1, -0.05) is 24.3 Å². The summed E-state index contributed by atoms with van der Waals surface area (Å²) in [6, 6.07) is 11.4. The molecular formula is C14H8O3. The Bertz CT molecular complexity index is 659. The molecule has 2 aliphatic rings. The Hall–Kier alpha value is -2.29. The number of carbonyl (C=O) groups excluding carboxylic acids is 1. The van der Waals surface area contributed by atoms with Crippen molar-refractivity contribution in [1.82, 2.24) is 0 Å². The van der Waals surface area contributed by atoms with Crippen LogP contribution >= 0.6 is 0 Å². The van der Waals surface area contributed by atoms with E-state index in [1.165, 1.54) is 0 Å². The molecule has 82 valence electrons. The van der Waals surface area contributed by atoms with Crippen molar-refractivity contribution in [2.45, 2.75) is 0 Å². The van der Waals surface area contributed by atoms with Crippen molar-refractivity contribution in [2.75, 3.05) is 6.79 Å². The molecule has 0 fully saturated rings. The Kier molecular flexibility index (Phi) is 1.50. The van der Waals surface area contributed by atoms with Crippen LogP contribution in [0.5, 0.6) is 11.5 Å². The van der Waals surface area contributed by atoms with Gasteiger partial charge >= 0.3 is 0 Å². The second-order valence-electron chi connectivity index (χ2n) is 4.10. The molecule has 3 heteroatoms. The predicted molar refractivity (Wildman–Crippen MR) is 61.4 cm³/mol. The molecule has 0 atom stereocenters. The van der Waals surface area contributed by atoms with Crippen LogP contribution in [-0.2, 0) is 0 Å². The molecule has 0 spiro atoms. The van der Waals surface area contributed by atoms with E-state index >= 15 is 0 Å². The van der Waals surface area contributed by atoms with Crippen molar-refractivity contribution in [3.8, 4) is 22.6 Å². The molecule has 1 aliphatic heterocycles. The van der Waals surface area contributed by atoms with Crippen molar-refractivity contribution in [1.29, 1.82) is 0 Å². The van der Waals surface area contributed by atoms with E-state index in [9.17, 15) is 4.79 Å². The van der Waals surface area contributed by atoms with Crippen LogP contribution in [-0.4, -0.2) is 12.6 Å². The molecule has 2 aromatic carbocycles. The number of fused-ring (bicyclic) bond motifs is 5. The lowest BCUT2D eigenvalue weighted by molar-refractivity contribution is 0.103. The highest BCUT2D eigenvalue weighted by molar-refractivity contribution is 6.23. The summed E-state index contributed by atoms with van der Waals surface area (Å²) in [6.07, 6.45) is 0. The standard InChI is InChI=1S/C14H8O3/c15-13-10-4-2-1-3-8(10)9-5-6-11-14(12(9)13)17-7-16-11/h1-6H,7H2. The van der Waals surface area contributed by atoms with Gasteiger partial charge in [0.2, 0.25) is 6.79 Å². The topological polar surface area (TPSA) is 35.5 Å². The fourth-order valence-electron chi connectivity index (χ4n) is 2.47. The first kappa shape index (κ1) is 8.82. The summed E-state index contributed by atoms with van der Waals surface area (Å²) in [4.78, 5) is 12.3. The third-order valence-electron chi connectivity index (χ3n) is 3.23. The third-order valence-corrected chi connectivity index (χ3v) is 3.23. The van der Waals surface area contributed by atoms with E-state index in [0.29, 0.717) is 17.1 Å². The van der Waals surface area contributed by atoms with Gasteiger partial charge in [-0.2, -0.15) is 0 Å². The van der Waals surface area contributed by atoms with Crippen molar-refractivity contribution in [3.05, 3.63) is 47.5 Å². The summed E-state index contributed by atoms with van der Waals surface area (Å²) in [5.74, 6) is 1.27. The third kappa shape index (κ3) is 0.984. The van der Waals surface area contributed by atoms with E-state index in [2.05, 4.69) is 0 Å². The molecule has 1 aliphatic carbocycles. The van der Waals surface area contributed by atoms with E-state index in [1.54, 1.807) is 0 Å². The molecule has 0 saturated heterocycles. The summed E-state index contributed by atoms with van der Waals surface area (Å²) in [6.45, 7) is 0.190. The van der Waals surface area contributed by atoms with E-state index in [-0.39, 0.29) is 12.6 Å². The van der Waals surface area contributed by atoms with Gasteiger partial charge in [-0.15, -0.1) is 0 Å². The van der Waals surface area contributed by atoms with Crippen LogP contribution in [0.1, 0.15) is 15.9 Å². The summed E-state index contributed by atoms with van der Waals surface area (Å²) >= 11 is 0. The predicted octanol–water partition coefficient (Wildman–Crippen LogP) is 2.63. The van der Waals surface area contributed by atoms with E-state index in [4.69, 9.17) is 9.47 Å². The van der Waals surface area contributed by atoms with Gasteiger partial charge < -0.3 is 9.47 Å². The molecule has 0 amide bonds. The van der Waals surface area contributed by atoms with E-state index in [0.717, 1.165) is 16.7 Å². The van der Waals surface area contributed by atoms with Gasteiger partial charge in [0.15, 0.2) is 17.3 Å². The SMILES string of the molecule is O=C1c2ccccc2-c2ccc3c(c21)OCO3. The van der Waals surface area contributed by atoms with Gasteiger partial charge in [0.25, 0.3) is 0 Å². The lowest BCUT2D eigenvalue weighted by Crippen LogP contribution is -1.98. The highest BCUT2D eigenvalue weighted by Crippen LogP contribution is 2.46. The fraction of sp³-hybridized carbons (Fsp3) is 0.0714. The van der Waals surface area contributed by atoms with Crippen LogP contribution < -0.4 is 9.47 Å². The number of benzene rings is 2. The zero-order chi connectivity index (χ0) is 11.4. The van der Waals surface area contributed by atoms with Crippen LogP contribution in [0, 0.1) is 0 Å².